The van der Waals surface area contributed by atoms with Crippen LogP contribution >= 0.6 is 0 Å². The van der Waals surface area contributed by atoms with Crippen molar-refractivity contribution in [3.8, 4) is 0 Å². The Morgan fingerprint density at radius 1 is 1.26 bits per heavy atom. The van der Waals surface area contributed by atoms with Gasteiger partial charge in [-0.2, -0.15) is 0 Å². The van der Waals surface area contributed by atoms with Gasteiger partial charge in [-0.25, -0.2) is 0 Å². The molecule has 2 atom stereocenters. The van der Waals surface area contributed by atoms with E-state index in [1.165, 1.54) is 5.56 Å². The minimum absolute atomic E-state index is 0.00675. The summed E-state index contributed by atoms with van der Waals surface area (Å²) in [5, 5.41) is 12.5. The Bertz CT molecular complexity index is 395. The lowest BCUT2D eigenvalue weighted by Gasteiger charge is -2.28. The van der Waals surface area contributed by atoms with E-state index in [-0.39, 0.29) is 23.9 Å². The predicted octanol–water partition coefficient (Wildman–Crippen LogP) is 3.62. The number of rotatable bonds is 6. The van der Waals surface area contributed by atoms with Crippen LogP contribution in [0.15, 0.2) is 30.3 Å². The number of carboxylic acid groups (broad SMARTS) is 1. The van der Waals surface area contributed by atoms with Gasteiger partial charge < -0.3 is 10.4 Å². The van der Waals surface area contributed by atoms with E-state index in [0.717, 1.165) is 6.42 Å². The van der Waals surface area contributed by atoms with Crippen molar-refractivity contribution >= 4 is 5.97 Å². The average molecular weight is 263 g/mol. The van der Waals surface area contributed by atoms with Gasteiger partial charge in [0, 0.05) is 12.1 Å². The Morgan fingerprint density at radius 2 is 1.84 bits per heavy atom. The minimum Gasteiger partial charge on any atom is -0.481 e. The molecule has 0 aliphatic carbocycles. The van der Waals surface area contributed by atoms with E-state index in [9.17, 15) is 4.79 Å². The summed E-state index contributed by atoms with van der Waals surface area (Å²) in [7, 11) is 0. The van der Waals surface area contributed by atoms with Gasteiger partial charge in [-0.15, -0.1) is 0 Å². The molecule has 1 aromatic carbocycles. The van der Waals surface area contributed by atoms with Crippen molar-refractivity contribution in [3.05, 3.63) is 35.9 Å². The van der Waals surface area contributed by atoms with Crippen molar-refractivity contribution < 1.29 is 9.90 Å². The lowest BCUT2D eigenvalue weighted by molar-refractivity contribution is -0.137. The first-order chi connectivity index (χ1) is 8.78. The molecule has 19 heavy (non-hydrogen) atoms. The van der Waals surface area contributed by atoms with Gasteiger partial charge in [0.25, 0.3) is 0 Å². The maximum atomic E-state index is 11.0. The molecule has 3 nitrogen and oxygen atoms in total. The number of nitrogens with one attached hydrogen (secondary N) is 1. The van der Waals surface area contributed by atoms with Crippen LogP contribution in [0, 0.1) is 5.41 Å². The van der Waals surface area contributed by atoms with Gasteiger partial charge in [0.1, 0.15) is 0 Å². The lowest BCUT2D eigenvalue weighted by atomic mass is 9.86. The third-order valence-electron chi connectivity index (χ3n) is 3.07. The predicted molar refractivity (Wildman–Crippen MR) is 78.1 cm³/mol. The molecule has 0 radical (unpaired) electrons. The molecule has 2 unspecified atom stereocenters. The fraction of sp³-hybridized carbons (Fsp3) is 0.562. The summed E-state index contributed by atoms with van der Waals surface area (Å²) in [6, 6.07) is 10.3. The van der Waals surface area contributed by atoms with Crippen molar-refractivity contribution in [2.45, 2.75) is 52.6 Å². The standard InChI is InChI=1S/C16H25NO2/c1-12(13-8-6-5-7-9-13)17-14(10-15(18)19)11-16(2,3)4/h5-9,12,14,17H,10-11H2,1-4H3,(H,18,19). The molecule has 3 heteroatoms. The highest BCUT2D eigenvalue weighted by Crippen LogP contribution is 2.24. The highest BCUT2D eigenvalue weighted by molar-refractivity contribution is 5.67. The molecule has 0 aliphatic heterocycles. The first-order valence-electron chi connectivity index (χ1n) is 6.81. The van der Waals surface area contributed by atoms with Crippen molar-refractivity contribution in [3.63, 3.8) is 0 Å². The molecule has 0 spiro atoms. The van der Waals surface area contributed by atoms with Crippen molar-refractivity contribution in [1.82, 2.24) is 5.32 Å². The molecule has 106 valence electrons. The molecule has 0 amide bonds. The first-order valence-corrected chi connectivity index (χ1v) is 6.81. The zero-order chi connectivity index (χ0) is 14.5. The van der Waals surface area contributed by atoms with Crippen LogP contribution < -0.4 is 5.32 Å². The van der Waals surface area contributed by atoms with Gasteiger partial charge in [0.2, 0.25) is 0 Å². The van der Waals surface area contributed by atoms with Crippen LogP contribution in [0.3, 0.4) is 0 Å². The fourth-order valence-electron chi connectivity index (χ4n) is 2.33. The number of carboxylic acids is 1. The number of hydrogen-bond donors (Lipinski definition) is 2. The molecule has 0 saturated heterocycles. The summed E-state index contributed by atoms with van der Waals surface area (Å²) in [5.74, 6) is -0.748. The average Bonchev–Trinajstić information content (AvgIpc) is 2.26. The molecule has 1 rings (SSSR count). The second-order valence-electron chi connectivity index (χ2n) is 6.36. The van der Waals surface area contributed by atoms with Crippen LogP contribution in [0.5, 0.6) is 0 Å². The molecule has 0 fully saturated rings. The zero-order valence-electron chi connectivity index (χ0n) is 12.3. The second kappa shape index (κ2) is 6.71. The second-order valence-corrected chi connectivity index (χ2v) is 6.36. The Kier molecular flexibility index (Phi) is 5.55. The van der Waals surface area contributed by atoms with Crippen molar-refractivity contribution in [2.24, 2.45) is 5.41 Å². The number of benzene rings is 1. The topological polar surface area (TPSA) is 49.3 Å². The summed E-state index contributed by atoms with van der Waals surface area (Å²) in [5.41, 5.74) is 1.30. The maximum Gasteiger partial charge on any atom is 0.304 e. The molecule has 0 bridgehead atoms. The summed E-state index contributed by atoms with van der Waals surface area (Å²) in [6.45, 7) is 8.48. The fourth-order valence-corrected chi connectivity index (χ4v) is 2.33. The van der Waals surface area contributed by atoms with E-state index in [0.29, 0.717) is 0 Å². The van der Waals surface area contributed by atoms with Crippen LogP contribution in [0.2, 0.25) is 0 Å². The molecule has 1 aromatic rings. The Labute approximate surface area is 116 Å². The van der Waals surface area contributed by atoms with Gasteiger partial charge >= 0.3 is 5.97 Å². The van der Waals surface area contributed by atoms with Crippen molar-refractivity contribution in [1.29, 1.82) is 0 Å². The van der Waals surface area contributed by atoms with E-state index in [1.54, 1.807) is 0 Å². The number of carbonyl (C=O) groups is 1. The molecule has 0 aromatic heterocycles. The zero-order valence-corrected chi connectivity index (χ0v) is 12.3. The highest BCUT2D eigenvalue weighted by Gasteiger charge is 2.22. The highest BCUT2D eigenvalue weighted by atomic mass is 16.4. The van der Waals surface area contributed by atoms with Gasteiger partial charge in [-0.3, -0.25) is 4.79 Å². The SMILES string of the molecule is CC(NC(CC(=O)O)CC(C)(C)C)c1ccccc1. The molecule has 0 aliphatic rings. The van der Waals surface area contributed by atoms with Crippen LogP contribution in [-0.2, 0) is 4.79 Å². The minimum atomic E-state index is -0.748. The quantitative estimate of drug-likeness (QED) is 0.824. The van der Waals surface area contributed by atoms with Crippen LogP contribution in [0.25, 0.3) is 0 Å². The summed E-state index contributed by atoms with van der Waals surface area (Å²) in [6.07, 6.45) is 1.00. The summed E-state index contributed by atoms with van der Waals surface area (Å²) >= 11 is 0. The van der Waals surface area contributed by atoms with E-state index in [4.69, 9.17) is 5.11 Å². The smallest absolute Gasteiger partial charge is 0.304 e. The molecule has 0 saturated carbocycles. The van der Waals surface area contributed by atoms with Gasteiger partial charge in [-0.05, 0) is 24.3 Å². The third kappa shape index (κ3) is 6.39. The van der Waals surface area contributed by atoms with Gasteiger partial charge in [0.05, 0.1) is 6.42 Å². The van der Waals surface area contributed by atoms with Crippen LogP contribution in [0.1, 0.15) is 52.1 Å². The van der Waals surface area contributed by atoms with Crippen LogP contribution in [-0.4, -0.2) is 17.1 Å². The molecular formula is C16H25NO2. The third-order valence-corrected chi connectivity index (χ3v) is 3.07. The molecule has 2 N–H and O–H groups in total. The Hall–Kier alpha value is -1.35. The molecular weight excluding hydrogens is 238 g/mol. The Morgan fingerprint density at radius 3 is 2.32 bits per heavy atom. The van der Waals surface area contributed by atoms with Crippen LogP contribution in [0.4, 0.5) is 0 Å². The van der Waals surface area contributed by atoms with Crippen molar-refractivity contribution in [2.75, 3.05) is 0 Å². The number of aliphatic carboxylic acids is 1. The van der Waals surface area contributed by atoms with Gasteiger partial charge in [0.15, 0.2) is 0 Å². The largest absolute Gasteiger partial charge is 0.481 e. The van der Waals surface area contributed by atoms with Gasteiger partial charge in [-0.1, -0.05) is 51.1 Å². The van der Waals surface area contributed by atoms with E-state index in [2.05, 4.69) is 45.1 Å². The lowest BCUT2D eigenvalue weighted by Crippen LogP contribution is -2.36. The number of hydrogen-bond acceptors (Lipinski definition) is 2. The summed E-state index contributed by atoms with van der Waals surface area (Å²) < 4.78 is 0. The monoisotopic (exact) mass is 263 g/mol. The van der Waals surface area contributed by atoms with E-state index in [1.807, 2.05) is 18.2 Å². The summed E-state index contributed by atoms with van der Waals surface area (Å²) in [4.78, 5) is 11.0. The maximum absolute atomic E-state index is 11.0. The first kappa shape index (κ1) is 15.7. The van der Waals surface area contributed by atoms with E-state index < -0.39 is 5.97 Å². The van der Waals surface area contributed by atoms with E-state index >= 15 is 0 Å². The normalized spacial score (nSPS) is 14.9. The Balaban J connectivity index is 2.68. The molecule has 0 heterocycles.